The molecule has 1 aromatic carbocycles. The van der Waals surface area contributed by atoms with Gasteiger partial charge in [-0.3, -0.25) is 0 Å². The van der Waals surface area contributed by atoms with Crippen LogP contribution in [0.1, 0.15) is 36.9 Å². The average molecular weight is 318 g/mol. The number of benzene rings is 1. The molecule has 1 N–H and O–H groups in total. The van der Waals surface area contributed by atoms with Gasteiger partial charge in [0.2, 0.25) is 0 Å². The molecule has 0 saturated carbocycles. The Morgan fingerprint density at radius 2 is 2.09 bits per heavy atom. The Labute approximate surface area is 137 Å². The van der Waals surface area contributed by atoms with Gasteiger partial charge < -0.3 is 19.1 Å². The van der Waals surface area contributed by atoms with Crippen LogP contribution in [0.2, 0.25) is 0 Å². The minimum absolute atomic E-state index is 0.0949. The van der Waals surface area contributed by atoms with E-state index in [2.05, 4.69) is 11.1 Å². The zero-order chi connectivity index (χ0) is 16.8. The standard InChI is InChI=1S/C18H26N2O3/c1-5-22-15(4)18-19-8-9-20(18)11-16(21)12-23-17-7-6-13(2)10-14(17)3/h6-10,15-16,21H,5,11-12H2,1-4H3. The van der Waals surface area contributed by atoms with E-state index in [1.54, 1.807) is 6.20 Å². The van der Waals surface area contributed by atoms with Crippen molar-refractivity contribution in [3.05, 3.63) is 47.5 Å². The van der Waals surface area contributed by atoms with Crippen LogP contribution in [0, 0.1) is 13.8 Å². The first kappa shape index (κ1) is 17.5. The fourth-order valence-electron chi connectivity index (χ4n) is 2.59. The van der Waals surface area contributed by atoms with Crippen LogP contribution in [-0.4, -0.2) is 34.0 Å². The number of aryl methyl sites for hydroxylation is 2. The van der Waals surface area contributed by atoms with Crippen molar-refractivity contribution in [2.75, 3.05) is 13.2 Å². The molecule has 1 aromatic heterocycles. The van der Waals surface area contributed by atoms with Crippen LogP contribution < -0.4 is 4.74 Å². The van der Waals surface area contributed by atoms with Gasteiger partial charge in [0.25, 0.3) is 0 Å². The van der Waals surface area contributed by atoms with E-state index in [1.165, 1.54) is 5.56 Å². The lowest BCUT2D eigenvalue weighted by molar-refractivity contribution is 0.0597. The molecule has 1 heterocycles. The van der Waals surface area contributed by atoms with Crippen LogP contribution in [0.15, 0.2) is 30.6 Å². The van der Waals surface area contributed by atoms with Crippen molar-refractivity contribution in [3.63, 3.8) is 0 Å². The molecule has 0 radical (unpaired) electrons. The summed E-state index contributed by atoms with van der Waals surface area (Å²) in [5, 5.41) is 10.2. The number of aromatic nitrogens is 2. The molecule has 2 unspecified atom stereocenters. The average Bonchev–Trinajstić information content (AvgIpc) is 2.94. The van der Waals surface area contributed by atoms with Gasteiger partial charge in [-0.15, -0.1) is 0 Å². The largest absolute Gasteiger partial charge is 0.491 e. The number of rotatable bonds is 8. The minimum Gasteiger partial charge on any atom is -0.491 e. The number of aliphatic hydroxyl groups excluding tert-OH is 1. The molecular weight excluding hydrogens is 292 g/mol. The predicted molar refractivity (Wildman–Crippen MR) is 89.7 cm³/mol. The lowest BCUT2D eigenvalue weighted by atomic mass is 10.1. The van der Waals surface area contributed by atoms with E-state index in [4.69, 9.17) is 9.47 Å². The molecule has 0 bridgehead atoms. The summed E-state index contributed by atoms with van der Waals surface area (Å²) in [5.41, 5.74) is 2.27. The Bertz CT molecular complexity index is 624. The van der Waals surface area contributed by atoms with E-state index in [0.717, 1.165) is 17.1 Å². The summed E-state index contributed by atoms with van der Waals surface area (Å²) in [6, 6.07) is 6.02. The Kier molecular flexibility index (Phi) is 6.19. The van der Waals surface area contributed by atoms with Crippen molar-refractivity contribution in [2.45, 2.75) is 46.4 Å². The third-order valence-corrected chi connectivity index (χ3v) is 3.70. The van der Waals surface area contributed by atoms with Crippen molar-refractivity contribution in [3.8, 4) is 5.75 Å². The van der Waals surface area contributed by atoms with E-state index >= 15 is 0 Å². The van der Waals surface area contributed by atoms with E-state index in [9.17, 15) is 5.11 Å². The summed E-state index contributed by atoms with van der Waals surface area (Å²) in [6.07, 6.45) is 2.87. The molecule has 0 aliphatic heterocycles. The Hall–Kier alpha value is -1.85. The van der Waals surface area contributed by atoms with Crippen LogP contribution >= 0.6 is 0 Å². The van der Waals surface area contributed by atoms with Crippen LogP contribution in [0.25, 0.3) is 0 Å². The second-order valence-electron chi connectivity index (χ2n) is 5.77. The number of ether oxygens (including phenoxy) is 2. The SMILES string of the molecule is CCOC(C)c1nccn1CC(O)COc1ccc(C)cc1C. The lowest BCUT2D eigenvalue weighted by Crippen LogP contribution is -2.25. The first-order chi connectivity index (χ1) is 11.0. The first-order valence-electron chi connectivity index (χ1n) is 8.02. The van der Waals surface area contributed by atoms with Gasteiger partial charge in [-0.05, 0) is 39.3 Å². The van der Waals surface area contributed by atoms with Crippen molar-refractivity contribution in [1.82, 2.24) is 9.55 Å². The van der Waals surface area contributed by atoms with Crippen molar-refractivity contribution in [1.29, 1.82) is 0 Å². The predicted octanol–water partition coefficient (Wildman–Crippen LogP) is 3.04. The molecule has 5 heteroatoms. The molecule has 2 aromatic rings. The summed E-state index contributed by atoms with van der Waals surface area (Å²) in [6.45, 7) is 9.27. The molecular formula is C18H26N2O3. The normalized spacial score (nSPS) is 13.8. The Morgan fingerprint density at radius 3 is 2.78 bits per heavy atom. The highest BCUT2D eigenvalue weighted by Gasteiger charge is 2.15. The van der Waals surface area contributed by atoms with E-state index in [1.807, 2.05) is 50.6 Å². The highest BCUT2D eigenvalue weighted by Crippen LogP contribution is 2.19. The van der Waals surface area contributed by atoms with Gasteiger partial charge in [0, 0.05) is 19.0 Å². The number of hydrogen-bond acceptors (Lipinski definition) is 4. The zero-order valence-electron chi connectivity index (χ0n) is 14.3. The van der Waals surface area contributed by atoms with Crippen LogP contribution in [0.4, 0.5) is 0 Å². The number of aliphatic hydroxyl groups is 1. The van der Waals surface area contributed by atoms with Gasteiger partial charge >= 0.3 is 0 Å². The molecule has 23 heavy (non-hydrogen) atoms. The molecule has 0 amide bonds. The fraction of sp³-hybridized carbons (Fsp3) is 0.500. The molecule has 0 aliphatic carbocycles. The maximum absolute atomic E-state index is 10.2. The Balaban J connectivity index is 1.92. The minimum atomic E-state index is -0.613. The second kappa shape index (κ2) is 8.13. The maximum atomic E-state index is 10.2. The lowest BCUT2D eigenvalue weighted by Gasteiger charge is -2.18. The quantitative estimate of drug-likeness (QED) is 0.813. The number of nitrogens with zero attached hydrogens (tertiary/aromatic N) is 2. The van der Waals surface area contributed by atoms with Gasteiger partial charge in [-0.25, -0.2) is 4.98 Å². The fourth-order valence-corrected chi connectivity index (χ4v) is 2.59. The van der Waals surface area contributed by atoms with Gasteiger partial charge in [0.15, 0.2) is 0 Å². The summed E-state index contributed by atoms with van der Waals surface area (Å²) < 4.78 is 13.2. The van der Waals surface area contributed by atoms with Gasteiger partial charge in [-0.2, -0.15) is 0 Å². The molecule has 126 valence electrons. The van der Waals surface area contributed by atoms with E-state index in [-0.39, 0.29) is 12.7 Å². The molecule has 0 saturated heterocycles. The summed E-state index contributed by atoms with van der Waals surface area (Å²) in [5.74, 6) is 1.63. The Morgan fingerprint density at radius 1 is 1.30 bits per heavy atom. The maximum Gasteiger partial charge on any atom is 0.137 e. The van der Waals surface area contributed by atoms with E-state index in [0.29, 0.717) is 13.2 Å². The van der Waals surface area contributed by atoms with Crippen molar-refractivity contribution < 1.29 is 14.6 Å². The summed E-state index contributed by atoms with van der Waals surface area (Å²) >= 11 is 0. The smallest absolute Gasteiger partial charge is 0.137 e. The molecule has 0 aliphatic rings. The van der Waals surface area contributed by atoms with Crippen LogP contribution in [0.5, 0.6) is 5.75 Å². The van der Waals surface area contributed by atoms with Gasteiger partial charge in [0.1, 0.15) is 30.4 Å². The first-order valence-corrected chi connectivity index (χ1v) is 8.02. The van der Waals surface area contributed by atoms with Gasteiger partial charge in [-0.1, -0.05) is 17.7 Å². The van der Waals surface area contributed by atoms with Crippen LogP contribution in [0.3, 0.4) is 0 Å². The van der Waals surface area contributed by atoms with Crippen LogP contribution in [-0.2, 0) is 11.3 Å². The molecule has 2 atom stereocenters. The number of hydrogen-bond donors (Lipinski definition) is 1. The highest BCUT2D eigenvalue weighted by atomic mass is 16.5. The van der Waals surface area contributed by atoms with Gasteiger partial charge in [0.05, 0.1) is 6.54 Å². The second-order valence-corrected chi connectivity index (χ2v) is 5.77. The number of imidazole rings is 1. The van der Waals surface area contributed by atoms with Crippen molar-refractivity contribution in [2.24, 2.45) is 0 Å². The topological polar surface area (TPSA) is 56.5 Å². The molecule has 5 nitrogen and oxygen atoms in total. The third-order valence-electron chi connectivity index (χ3n) is 3.70. The van der Waals surface area contributed by atoms with E-state index < -0.39 is 6.10 Å². The third kappa shape index (κ3) is 4.81. The monoisotopic (exact) mass is 318 g/mol. The summed E-state index contributed by atoms with van der Waals surface area (Å²) in [7, 11) is 0. The zero-order valence-corrected chi connectivity index (χ0v) is 14.3. The summed E-state index contributed by atoms with van der Waals surface area (Å²) in [4.78, 5) is 4.32. The van der Waals surface area contributed by atoms with Crippen molar-refractivity contribution >= 4 is 0 Å². The highest BCUT2D eigenvalue weighted by molar-refractivity contribution is 5.35. The molecule has 0 fully saturated rings. The molecule has 0 spiro atoms. The molecule has 2 rings (SSSR count).